The second-order valence-corrected chi connectivity index (χ2v) is 4.32. The fraction of sp³-hybridized carbons (Fsp3) is 0.875. The van der Waals surface area contributed by atoms with Crippen LogP contribution in [-0.2, 0) is 4.79 Å². The zero-order valence-electron chi connectivity index (χ0n) is 8.29. The van der Waals surface area contributed by atoms with Gasteiger partial charge in [0.2, 0.25) is 0 Å². The predicted molar refractivity (Wildman–Crippen MR) is 49.0 cm³/mol. The molecule has 1 atom stereocenters. The Morgan fingerprint density at radius 3 is 2.17 bits per heavy atom. The molecule has 4 N–H and O–H groups in total. The normalized spacial score (nSPS) is 14.2. The van der Waals surface area contributed by atoms with E-state index in [0.29, 0.717) is 6.42 Å². The van der Waals surface area contributed by atoms with Crippen molar-refractivity contribution in [1.82, 2.24) is 5.01 Å². The molecule has 1 unspecified atom stereocenters. The molecular weight excluding hydrogens is 154 g/mol. The quantitative estimate of drug-likeness (QED) is 0.353. The first-order valence-electron chi connectivity index (χ1n) is 4.02. The van der Waals surface area contributed by atoms with Crippen LogP contribution in [0.25, 0.3) is 0 Å². The summed E-state index contributed by atoms with van der Waals surface area (Å²) >= 11 is 0. The van der Waals surface area contributed by atoms with Crippen LogP contribution in [0.1, 0.15) is 27.2 Å². The SMILES string of the molecule is CN(N)C(=O)C(N)CC(C)(C)C. The van der Waals surface area contributed by atoms with E-state index in [4.69, 9.17) is 11.6 Å². The first-order chi connectivity index (χ1) is 5.24. The van der Waals surface area contributed by atoms with Crippen molar-refractivity contribution in [3.05, 3.63) is 0 Å². The Morgan fingerprint density at radius 1 is 1.50 bits per heavy atom. The average Bonchev–Trinajstić information content (AvgIpc) is 1.82. The van der Waals surface area contributed by atoms with Gasteiger partial charge in [-0.1, -0.05) is 20.8 Å². The van der Waals surface area contributed by atoms with E-state index in [0.717, 1.165) is 5.01 Å². The zero-order chi connectivity index (χ0) is 9.94. The van der Waals surface area contributed by atoms with Crippen LogP contribution >= 0.6 is 0 Å². The second kappa shape index (κ2) is 3.87. The number of hydrogen-bond acceptors (Lipinski definition) is 3. The summed E-state index contributed by atoms with van der Waals surface area (Å²) in [5.41, 5.74) is 5.69. The number of rotatable bonds is 2. The van der Waals surface area contributed by atoms with Crippen molar-refractivity contribution in [2.24, 2.45) is 17.0 Å². The highest BCUT2D eigenvalue weighted by molar-refractivity contribution is 5.80. The standard InChI is InChI=1S/C8H19N3O/c1-8(2,3)5-6(9)7(12)11(4)10/h6H,5,9-10H2,1-4H3. The largest absolute Gasteiger partial charge is 0.320 e. The van der Waals surface area contributed by atoms with Gasteiger partial charge in [-0.15, -0.1) is 0 Å². The minimum atomic E-state index is -0.486. The molecule has 0 rings (SSSR count). The van der Waals surface area contributed by atoms with Crippen molar-refractivity contribution in [3.63, 3.8) is 0 Å². The van der Waals surface area contributed by atoms with Crippen LogP contribution in [0.4, 0.5) is 0 Å². The Labute approximate surface area is 73.9 Å². The molecule has 0 aromatic rings. The average molecular weight is 173 g/mol. The molecule has 0 radical (unpaired) electrons. The van der Waals surface area contributed by atoms with E-state index in [-0.39, 0.29) is 11.3 Å². The molecule has 0 aliphatic heterocycles. The van der Waals surface area contributed by atoms with E-state index >= 15 is 0 Å². The third kappa shape index (κ3) is 4.31. The number of hydrazine groups is 1. The summed E-state index contributed by atoms with van der Waals surface area (Å²) in [6.45, 7) is 6.12. The van der Waals surface area contributed by atoms with Crippen molar-refractivity contribution in [3.8, 4) is 0 Å². The lowest BCUT2D eigenvalue weighted by Crippen LogP contribution is -2.46. The Bertz CT molecular complexity index is 160. The summed E-state index contributed by atoms with van der Waals surface area (Å²) in [5, 5.41) is 1.04. The van der Waals surface area contributed by atoms with Crippen molar-refractivity contribution in [2.45, 2.75) is 33.2 Å². The van der Waals surface area contributed by atoms with Crippen LogP contribution in [0, 0.1) is 5.41 Å². The summed E-state index contributed by atoms with van der Waals surface area (Å²) in [7, 11) is 1.50. The lowest BCUT2D eigenvalue weighted by Gasteiger charge is -2.24. The number of nitrogens with two attached hydrogens (primary N) is 2. The Hall–Kier alpha value is -0.610. The van der Waals surface area contributed by atoms with Gasteiger partial charge in [-0.2, -0.15) is 0 Å². The van der Waals surface area contributed by atoms with Gasteiger partial charge in [0, 0.05) is 7.05 Å². The van der Waals surface area contributed by atoms with Crippen LogP contribution in [-0.4, -0.2) is 24.0 Å². The molecular formula is C8H19N3O. The molecule has 0 spiro atoms. The van der Waals surface area contributed by atoms with Crippen LogP contribution in [0.15, 0.2) is 0 Å². The summed E-state index contributed by atoms with van der Waals surface area (Å²) < 4.78 is 0. The third-order valence-corrected chi connectivity index (χ3v) is 1.50. The number of likely N-dealkylation sites (N-methyl/N-ethyl adjacent to an activating group) is 1. The molecule has 0 aliphatic rings. The fourth-order valence-electron chi connectivity index (χ4n) is 1.01. The number of amides is 1. The molecule has 4 nitrogen and oxygen atoms in total. The molecule has 4 heteroatoms. The van der Waals surface area contributed by atoms with Gasteiger partial charge in [0.25, 0.3) is 5.91 Å². The Kier molecular flexibility index (Phi) is 3.67. The van der Waals surface area contributed by atoms with E-state index < -0.39 is 6.04 Å². The van der Waals surface area contributed by atoms with Crippen LogP contribution in [0.5, 0.6) is 0 Å². The van der Waals surface area contributed by atoms with Crippen molar-refractivity contribution in [1.29, 1.82) is 0 Å². The first kappa shape index (κ1) is 11.4. The molecule has 0 aromatic carbocycles. The smallest absolute Gasteiger partial charge is 0.253 e. The zero-order valence-corrected chi connectivity index (χ0v) is 8.29. The highest BCUT2D eigenvalue weighted by atomic mass is 16.2. The van der Waals surface area contributed by atoms with Crippen molar-refractivity contribution >= 4 is 5.91 Å². The van der Waals surface area contributed by atoms with Gasteiger partial charge in [0.1, 0.15) is 0 Å². The second-order valence-electron chi connectivity index (χ2n) is 4.32. The molecule has 0 saturated carbocycles. The minimum Gasteiger partial charge on any atom is -0.320 e. The number of carbonyl (C=O) groups is 1. The van der Waals surface area contributed by atoms with Gasteiger partial charge in [0.15, 0.2) is 0 Å². The Balaban J connectivity index is 4.05. The lowest BCUT2D eigenvalue weighted by molar-refractivity contribution is -0.132. The maximum atomic E-state index is 11.2. The number of hydrogen-bond donors (Lipinski definition) is 2. The number of carbonyl (C=O) groups excluding carboxylic acids is 1. The molecule has 1 amide bonds. The van der Waals surface area contributed by atoms with Gasteiger partial charge in [-0.25, -0.2) is 5.84 Å². The fourth-order valence-corrected chi connectivity index (χ4v) is 1.01. The predicted octanol–water partition coefficient (Wildman–Crippen LogP) is 0.0820. The maximum Gasteiger partial charge on any atom is 0.253 e. The van der Waals surface area contributed by atoms with E-state index in [1.165, 1.54) is 7.05 Å². The summed E-state index contributed by atoms with van der Waals surface area (Å²) in [6, 6.07) is -0.486. The van der Waals surface area contributed by atoms with Crippen molar-refractivity contribution in [2.75, 3.05) is 7.05 Å². The summed E-state index contributed by atoms with van der Waals surface area (Å²) in [4.78, 5) is 11.2. The molecule has 0 fully saturated rings. The molecule has 0 saturated heterocycles. The lowest BCUT2D eigenvalue weighted by atomic mass is 9.88. The summed E-state index contributed by atoms with van der Waals surface area (Å²) in [5.74, 6) is 5.04. The van der Waals surface area contributed by atoms with E-state index in [9.17, 15) is 4.79 Å². The third-order valence-electron chi connectivity index (χ3n) is 1.50. The maximum absolute atomic E-state index is 11.2. The molecule has 0 heterocycles. The molecule has 0 bridgehead atoms. The minimum absolute atomic E-state index is 0.0606. The first-order valence-corrected chi connectivity index (χ1v) is 4.02. The van der Waals surface area contributed by atoms with Gasteiger partial charge in [0.05, 0.1) is 6.04 Å². The highest BCUT2D eigenvalue weighted by Gasteiger charge is 2.22. The Morgan fingerprint density at radius 2 is 1.92 bits per heavy atom. The topological polar surface area (TPSA) is 72.3 Å². The summed E-state index contributed by atoms with van der Waals surface area (Å²) in [6.07, 6.45) is 0.646. The van der Waals surface area contributed by atoms with Gasteiger partial charge in [-0.05, 0) is 11.8 Å². The van der Waals surface area contributed by atoms with E-state index in [1.807, 2.05) is 20.8 Å². The highest BCUT2D eigenvalue weighted by Crippen LogP contribution is 2.20. The van der Waals surface area contributed by atoms with E-state index in [2.05, 4.69) is 0 Å². The van der Waals surface area contributed by atoms with Crippen LogP contribution in [0.3, 0.4) is 0 Å². The van der Waals surface area contributed by atoms with Gasteiger partial charge >= 0.3 is 0 Å². The molecule has 72 valence electrons. The van der Waals surface area contributed by atoms with Crippen LogP contribution in [0.2, 0.25) is 0 Å². The van der Waals surface area contributed by atoms with Gasteiger partial charge in [-0.3, -0.25) is 9.80 Å². The van der Waals surface area contributed by atoms with Crippen LogP contribution < -0.4 is 11.6 Å². The molecule has 0 aromatic heterocycles. The van der Waals surface area contributed by atoms with Gasteiger partial charge < -0.3 is 5.73 Å². The molecule has 12 heavy (non-hydrogen) atoms. The molecule has 0 aliphatic carbocycles. The monoisotopic (exact) mass is 173 g/mol. The number of nitrogens with zero attached hydrogens (tertiary/aromatic N) is 1. The van der Waals surface area contributed by atoms with E-state index in [1.54, 1.807) is 0 Å². The van der Waals surface area contributed by atoms with Crippen molar-refractivity contribution < 1.29 is 4.79 Å².